The Balaban J connectivity index is 1.20. The van der Waals surface area contributed by atoms with Gasteiger partial charge in [0, 0.05) is 44.8 Å². The van der Waals surface area contributed by atoms with E-state index in [-0.39, 0.29) is 0 Å². The molecule has 0 aliphatic carbocycles. The largest absolute Gasteiger partial charge is 0.492 e. The van der Waals surface area contributed by atoms with Crippen molar-refractivity contribution in [3.8, 4) is 16.9 Å². The topological polar surface area (TPSA) is 15.7 Å². The van der Waals surface area contributed by atoms with Crippen LogP contribution in [-0.4, -0.2) is 55.7 Å². The molecule has 3 nitrogen and oxygen atoms in total. The Morgan fingerprint density at radius 3 is 2.10 bits per heavy atom. The van der Waals surface area contributed by atoms with Crippen LogP contribution in [0.3, 0.4) is 0 Å². The first kappa shape index (κ1) is 20.4. The van der Waals surface area contributed by atoms with Crippen molar-refractivity contribution in [1.82, 2.24) is 9.80 Å². The first-order valence-electron chi connectivity index (χ1n) is 10.8. The molecule has 0 saturated carbocycles. The van der Waals surface area contributed by atoms with Gasteiger partial charge in [0.15, 0.2) is 0 Å². The molecule has 0 bridgehead atoms. The van der Waals surface area contributed by atoms with Crippen molar-refractivity contribution in [3.05, 3.63) is 96.6 Å². The van der Waals surface area contributed by atoms with Crippen molar-refractivity contribution in [2.75, 3.05) is 45.9 Å². The summed E-state index contributed by atoms with van der Waals surface area (Å²) in [4.78, 5) is 5.02. The third-order valence-corrected chi connectivity index (χ3v) is 5.58. The van der Waals surface area contributed by atoms with Gasteiger partial charge in [-0.25, -0.2) is 0 Å². The molecule has 1 aliphatic rings. The van der Waals surface area contributed by atoms with Crippen molar-refractivity contribution in [3.63, 3.8) is 0 Å². The number of ether oxygens (including phenoxy) is 1. The van der Waals surface area contributed by atoms with Gasteiger partial charge in [-0.1, -0.05) is 91.0 Å². The lowest BCUT2D eigenvalue weighted by Gasteiger charge is -2.34. The second-order valence-electron chi connectivity index (χ2n) is 7.67. The molecule has 1 heterocycles. The highest BCUT2D eigenvalue weighted by molar-refractivity contribution is 5.70. The number of hydrogen-bond donors (Lipinski definition) is 0. The van der Waals surface area contributed by atoms with Gasteiger partial charge >= 0.3 is 0 Å². The maximum atomic E-state index is 6.17. The first-order chi connectivity index (χ1) is 14.9. The second kappa shape index (κ2) is 10.8. The molecule has 0 spiro atoms. The molecule has 0 amide bonds. The van der Waals surface area contributed by atoms with Crippen LogP contribution in [0.5, 0.6) is 5.75 Å². The number of rotatable bonds is 8. The fraction of sp³-hybridized carbons (Fsp3) is 0.259. The van der Waals surface area contributed by atoms with E-state index in [2.05, 4.69) is 94.7 Å². The van der Waals surface area contributed by atoms with Crippen LogP contribution in [0.25, 0.3) is 17.2 Å². The first-order valence-corrected chi connectivity index (χ1v) is 10.8. The van der Waals surface area contributed by atoms with Gasteiger partial charge in [-0.3, -0.25) is 9.80 Å². The highest BCUT2D eigenvalue weighted by atomic mass is 16.5. The quantitative estimate of drug-likeness (QED) is 0.527. The lowest BCUT2D eigenvalue weighted by Crippen LogP contribution is -2.47. The molecular formula is C27H30N2O. The third-order valence-electron chi connectivity index (χ3n) is 5.58. The zero-order chi connectivity index (χ0) is 20.4. The Morgan fingerprint density at radius 1 is 0.700 bits per heavy atom. The average molecular weight is 399 g/mol. The molecular weight excluding hydrogens is 368 g/mol. The highest BCUT2D eigenvalue weighted by Crippen LogP contribution is 2.29. The molecule has 3 heteroatoms. The summed E-state index contributed by atoms with van der Waals surface area (Å²) < 4.78 is 6.17. The standard InChI is InChI=1S/C27H30N2O/c1-3-10-24(11-4-1)12-9-17-28-18-20-29(21-19-28)22-23-30-27-16-8-7-15-26(27)25-13-5-2-6-14-25/h1-16H,17-23H2. The van der Waals surface area contributed by atoms with E-state index in [4.69, 9.17) is 4.74 Å². The smallest absolute Gasteiger partial charge is 0.127 e. The van der Waals surface area contributed by atoms with Crippen molar-refractivity contribution in [1.29, 1.82) is 0 Å². The Morgan fingerprint density at radius 2 is 1.33 bits per heavy atom. The molecule has 0 radical (unpaired) electrons. The SMILES string of the molecule is C(=Cc1ccccc1)CN1CCN(CCOc2ccccc2-c2ccccc2)CC1. The van der Waals surface area contributed by atoms with Gasteiger partial charge in [0.25, 0.3) is 0 Å². The molecule has 1 saturated heterocycles. The molecule has 0 N–H and O–H groups in total. The van der Waals surface area contributed by atoms with Crippen LogP contribution in [0, 0.1) is 0 Å². The number of para-hydroxylation sites is 1. The predicted octanol–water partition coefficient (Wildman–Crippen LogP) is 5.06. The van der Waals surface area contributed by atoms with Crippen LogP contribution in [-0.2, 0) is 0 Å². The van der Waals surface area contributed by atoms with Crippen LogP contribution in [0.2, 0.25) is 0 Å². The molecule has 1 fully saturated rings. The van der Waals surface area contributed by atoms with Crippen molar-refractivity contribution >= 4 is 6.08 Å². The second-order valence-corrected chi connectivity index (χ2v) is 7.67. The van der Waals surface area contributed by atoms with Gasteiger partial charge in [0.05, 0.1) is 0 Å². The summed E-state index contributed by atoms with van der Waals surface area (Å²) in [5.74, 6) is 0.966. The molecule has 0 aromatic heterocycles. The van der Waals surface area contributed by atoms with Gasteiger partial charge in [-0.15, -0.1) is 0 Å². The third kappa shape index (κ3) is 5.82. The van der Waals surface area contributed by atoms with E-state index < -0.39 is 0 Å². The van der Waals surface area contributed by atoms with E-state index in [9.17, 15) is 0 Å². The fourth-order valence-corrected chi connectivity index (χ4v) is 3.83. The number of benzene rings is 3. The van der Waals surface area contributed by atoms with Crippen molar-refractivity contribution < 1.29 is 4.74 Å². The summed E-state index contributed by atoms with van der Waals surface area (Å²) in [5.41, 5.74) is 3.63. The minimum atomic E-state index is 0.720. The minimum absolute atomic E-state index is 0.720. The molecule has 4 rings (SSSR count). The fourth-order valence-electron chi connectivity index (χ4n) is 3.83. The van der Waals surface area contributed by atoms with Crippen LogP contribution >= 0.6 is 0 Å². The van der Waals surface area contributed by atoms with E-state index in [1.165, 1.54) is 11.1 Å². The van der Waals surface area contributed by atoms with Crippen LogP contribution in [0.4, 0.5) is 0 Å². The summed E-state index contributed by atoms with van der Waals surface area (Å²) in [6, 6.07) is 29.3. The highest BCUT2D eigenvalue weighted by Gasteiger charge is 2.15. The normalized spacial score (nSPS) is 15.5. The molecule has 0 unspecified atom stereocenters. The minimum Gasteiger partial charge on any atom is -0.492 e. The van der Waals surface area contributed by atoms with Gasteiger partial charge < -0.3 is 4.74 Å². The van der Waals surface area contributed by atoms with E-state index in [0.717, 1.165) is 57.2 Å². The maximum Gasteiger partial charge on any atom is 0.127 e. The predicted molar refractivity (Wildman–Crippen MR) is 126 cm³/mol. The van der Waals surface area contributed by atoms with E-state index in [1.54, 1.807) is 0 Å². The van der Waals surface area contributed by atoms with Crippen molar-refractivity contribution in [2.24, 2.45) is 0 Å². The Labute approximate surface area is 180 Å². The lowest BCUT2D eigenvalue weighted by atomic mass is 10.1. The summed E-state index contributed by atoms with van der Waals surface area (Å²) >= 11 is 0. The molecule has 0 atom stereocenters. The van der Waals surface area contributed by atoms with Gasteiger partial charge in [0.2, 0.25) is 0 Å². The number of piperazine rings is 1. The monoisotopic (exact) mass is 398 g/mol. The summed E-state index contributed by atoms with van der Waals surface area (Å²) in [6.07, 6.45) is 4.49. The van der Waals surface area contributed by atoms with Crippen LogP contribution in [0.15, 0.2) is 91.0 Å². The Hall–Kier alpha value is -2.88. The summed E-state index contributed by atoms with van der Waals surface area (Å²) in [5, 5.41) is 0. The average Bonchev–Trinajstić information content (AvgIpc) is 2.82. The molecule has 3 aromatic rings. The van der Waals surface area contributed by atoms with E-state index in [0.29, 0.717) is 0 Å². The summed E-state index contributed by atoms with van der Waals surface area (Å²) in [7, 11) is 0. The van der Waals surface area contributed by atoms with Gasteiger partial charge in [0.1, 0.15) is 12.4 Å². The molecule has 1 aliphatic heterocycles. The maximum absolute atomic E-state index is 6.17. The van der Waals surface area contributed by atoms with E-state index >= 15 is 0 Å². The summed E-state index contributed by atoms with van der Waals surface area (Å²) in [6.45, 7) is 7.13. The van der Waals surface area contributed by atoms with Gasteiger partial charge in [-0.2, -0.15) is 0 Å². The molecule has 154 valence electrons. The number of hydrogen-bond acceptors (Lipinski definition) is 3. The Kier molecular flexibility index (Phi) is 7.32. The van der Waals surface area contributed by atoms with Crippen molar-refractivity contribution in [2.45, 2.75) is 0 Å². The zero-order valence-electron chi connectivity index (χ0n) is 17.5. The van der Waals surface area contributed by atoms with Gasteiger partial charge in [-0.05, 0) is 17.2 Å². The Bertz CT molecular complexity index is 916. The molecule has 3 aromatic carbocycles. The van der Waals surface area contributed by atoms with Crippen LogP contribution in [0.1, 0.15) is 5.56 Å². The van der Waals surface area contributed by atoms with E-state index in [1.807, 2.05) is 12.1 Å². The zero-order valence-corrected chi connectivity index (χ0v) is 17.5. The molecule has 30 heavy (non-hydrogen) atoms. The lowest BCUT2D eigenvalue weighted by molar-refractivity contribution is 0.125. The number of nitrogens with zero attached hydrogens (tertiary/aromatic N) is 2. The van der Waals surface area contributed by atoms with Crippen LogP contribution < -0.4 is 4.74 Å².